The molecule has 1 unspecified atom stereocenters. The maximum atomic E-state index is 12.8. The smallest absolute Gasteiger partial charge is 0.306 e. The standard InChI is InChI=1S/C59H96O6/c1-4-7-10-13-16-19-22-25-28-29-32-34-37-40-43-46-49-52-58(61)64-55-56(65-59(62)53-50-47-44-41-38-35-31-27-24-21-18-15-12-9-6-3)54-63-57(60)51-48-45-42-39-36-33-30-26-23-20-17-14-11-8-5-2/h8-9,11-12,14-21,23-25,27-28,31,56H,4-7,10,13,22,26,29-30,32-55H2,1-3H3/b11-8-,12-9-,17-14-,18-15-,19-16-,23-20-,24-21-,28-25-,31-27-. The van der Waals surface area contributed by atoms with Crippen LogP contribution in [-0.4, -0.2) is 37.2 Å². The molecule has 368 valence electrons. The summed E-state index contributed by atoms with van der Waals surface area (Å²) < 4.78 is 16.8. The Bertz CT molecular complexity index is 1360. The van der Waals surface area contributed by atoms with Crippen molar-refractivity contribution in [2.24, 2.45) is 0 Å². The van der Waals surface area contributed by atoms with Crippen LogP contribution in [0.4, 0.5) is 0 Å². The van der Waals surface area contributed by atoms with Crippen LogP contribution in [0.5, 0.6) is 0 Å². The predicted octanol–water partition coefficient (Wildman–Crippen LogP) is 17.5. The largest absolute Gasteiger partial charge is 0.462 e. The Morgan fingerprint density at radius 3 is 1.06 bits per heavy atom. The molecular formula is C59H96O6. The Hall–Kier alpha value is -3.93. The van der Waals surface area contributed by atoms with Crippen LogP contribution in [0.25, 0.3) is 0 Å². The topological polar surface area (TPSA) is 78.9 Å². The average molecular weight is 901 g/mol. The van der Waals surface area contributed by atoms with Crippen molar-refractivity contribution in [1.82, 2.24) is 0 Å². The fourth-order valence-corrected chi connectivity index (χ4v) is 6.95. The molecule has 0 rings (SSSR count). The van der Waals surface area contributed by atoms with Gasteiger partial charge in [0.15, 0.2) is 6.10 Å². The molecule has 0 spiro atoms. The summed E-state index contributed by atoms with van der Waals surface area (Å²) in [7, 11) is 0. The lowest BCUT2D eigenvalue weighted by molar-refractivity contribution is -0.167. The highest BCUT2D eigenvalue weighted by atomic mass is 16.6. The summed E-state index contributed by atoms with van der Waals surface area (Å²) in [4.78, 5) is 38.1. The molecule has 0 aliphatic carbocycles. The Morgan fingerprint density at radius 2 is 0.662 bits per heavy atom. The van der Waals surface area contributed by atoms with Crippen molar-refractivity contribution in [2.45, 2.75) is 232 Å². The maximum absolute atomic E-state index is 12.8. The number of rotatable bonds is 46. The van der Waals surface area contributed by atoms with E-state index < -0.39 is 6.10 Å². The molecule has 0 saturated carbocycles. The molecule has 0 N–H and O–H groups in total. The van der Waals surface area contributed by atoms with Crippen molar-refractivity contribution in [2.75, 3.05) is 13.2 Å². The minimum absolute atomic E-state index is 0.0980. The van der Waals surface area contributed by atoms with Crippen LogP contribution in [0.3, 0.4) is 0 Å². The van der Waals surface area contributed by atoms with Gasteiger partial charge in [-0.05, 0) is 89.9 Å². The highest BCUT2D eigenvalue weighted by Crippen LogP contribution is 2.14. The molecule has 0 aliphatic heterocycles. The molecule has 0 radical (unpaired) electrons. The van der Waals surface area contributed by atoms with Crippen molar-refractivity contribution in [3.05, 3.63) is 109 Å². The number of ether oxygens (including phenoxy) is 3. The highest BCUT2D eigenvalue weighted by Gasteiger charge is 2.19. The molecule has 6 nitrogen and oxygen atoms in total. The van der Waals surface area contributed by atoms with Gasteiger partial charge in [0.2, 0.25) is 0 Å². The molecule has 0 amide bonds. The van der Waals surface area contributed by atoms with Crippen molar-refractivity contribution in [3.8, 4) is 0 Å². The summed E-state index contributed by atoms with van der Waals surface area (Å²) >= 11 is 0. The van der Waals surface area contributed by atoms with Crippen molar-refractivity contribution in [3.63, 3.8) is 0 Å². The van der Waals surface area contributed by atoms with E-state index in [1.807, 2.05) is 18.2 Å². The van der Waals surface area contributed by atoms with Gasteiger partial charge in [0.1, 0.15) is 13.2 Å². The number of allylic oxidation sites excluding steroid dienone is 18. The molecule has 0 bridgehead atoms. The van der Waals surface area contributed by atoms with Crippen LogP contribution in [-0.2, 0) is 28.6 Å². The number of esters is 3. The second-order valence-electron chi connectivity index (χ2n) is 17.2. The average Bonchev–Trinajstić information content (AvgIpc) is 3.30. The molecule has 0 fully saturated rings. The van der Waals surface area contributed by atoms with E-state index in [1.54, 1.807) is 0 Å². The summed E-state index contributed by atoms with van der Waals surface area (Å²) in [6.45, 7) is 6.30. The molecule has 0 aromatic heterocycles. The first-order valence-corrected chi connectivity index (χ1v) is 26.5. The van der Waals surface area contributed by atoms with E-state index in [0.717, 1.165) is 109 Å². The zero-order chi connectivity index (χ0) is 47.2. The first-order chi connectivity index (χ1) is 32.0. The molecule has 0 saturated heterocycles. The molecular weight excluding hydrogens is 805 g/mol. The van der Waals surface area contributed by atoms with Gasteiger partial charge >= 0.3 is 17.9 Å². The Balaban J connectivity index is 4.47. The van der Waals surface area contributed by atoms with Crippen LogP contribution < -0.4 is 0 Å². The Kier molecular flexibility index (Phi) is 49.5. The molecule has 6 heteroatoms. The van der Waals surface area contributed by atoms with Gasteiger partial charge in [-0.2, -0.15) is 0 Å². The van der Waals surface area contributed by atoms with Crippen LogP contribution >= 0.6 is 0 Å². The zero-order valence-corrected chi connectivity index (χ0v) is 42.0. The van der Waals surface area contributed by atoms with Gasteiger partial charge in [-0.3, -0.25) is 14.4 Å². The maximum Gasteiger partial charge on any atom is 0.306 e. The van der Waals surface area contributed by atoms with Gasteiger partial charge in [0.05, 0.1) is 0 Å². The van der Waals surface area contributed by atoms with Crippen molar-refractivity contribution >= 4 is 17.9 Å². The third kappa shape index (κ3) is 50.9. The summed E-state index contributed by atoms with van der Waals surface area (Å²) in [6.07, 6.45) is 70.6. The van der Waals surface area contributed by atoms with E-state index in [2.05, 4.69) is 112 Å². The van der Waals surface area contributed by atoms with E-state index in [-0.39, 0.29) is 31.1 Å². The lowest BCUT2D eigenvalue weighted by Crippen LogP contribution is -2.30. The fraction of sp³-hybridized carbons (Fsp3) is 0.644. The quantitative estimate of drug-likeness (QED) is 0.0199. The Labute approximate surface area is 400 Å². The zero-order valence-electron chi connectivity index (χ0n) is 42.0. The summed E-state index contributed by atoms with van der Waals surface area (Å²) in [5.41, 5.74) is 0. The lowest BCUT2D eigenvalue weighted by atomic mass is 10.1. The molecule has 65 heavy (non-hydrogen) atoms. The fourth-order valence-electron chi connectivity index (χ4n) is 6.95. The molecule has 0 aromatic carbocycles. The van der Waals surface area contributed by atoms with Crippen molar-refractivity contribution < 1.29 is 28.6 Å². The third-order valence-electron chi connectivity index (χ3n) is 10.9. The number of hydrogen-bond acceptors (Lipinski definition) is 6. The first-order valence-electron chi connectivity index (χ1n) is 26.5. The van der Waals surface area contributed by atoms with E-state index in [9.17, 15) is 14.4 Å². The predicted molar refractivity (Wildman–Crippen MR) is 279 cm³/mol. The number of unbranched alkanes of at least 4 members (excludes halogenated alkanes) is 22. The minimum Gasteiger partial charge on any atom is -0.462 e. The van der Waals surface area contributed by atoms with Gasteiger partial charge in [-0.1, -0.05) is 226 Å². The van der Waals surface area contributed by atoms with Gasteiger partial charge in [0, 0.05) is 19.3 Å². The summed E-state index contributed by atoms with van der Waals surface area (Å²) in [5, 5.41) is 0. The monoisotopic (exact) mass is 901 g/mol. The van der Waals surface area contributed by atoms with E-state index in [4.69, 9.17) is 14.2 Å². The van der Waals surface area contributed by atoms with Crippen LogP contribution in [0, 0.1) is 0 Å². The first kappa shape index (κ1) is 61.1. The van der Waals surface area contributed by atoms with Gasteiger partial charge < -0.3 is 14.2 Å². The summed E-state index contributed by atoms with van der Waals surface area (Å²) in [6, 6.07) is 0. The van der Waals surface area contributed by atoms with Gasteiger partial charge in [-0.25, -0.2) is 0 Å². The van der Waals surface area contributed by atoms with E-state index in [0.29, 0.717) is 19.3 Å². The number of carbonyl (C=O) groups is 3. The summed E-state index contributed by atoms with van der Waals surface area (Å²) in [5.74, 6) is -0.944. The molecule has 0 heterocycles. The number of hydrogen-bond donors (Lipinski definition) is 0. The van der Waals surface area contributed by atoms with Crippen LogP contribution in [0.1, 0.15) is 226 Å². The molecule has 0 aliphatic rings. The lowest BCUT2D eigenvalue weighted by Gasteiger charge is -2.18. The van der Waals surface area contributed by atoms with Crippen LogP contribution in [0.15, 0.2) is 109 Å². The second kappa shape index (κ2) is 52.7. The second-order valence-corrected chi connectivity index (χ2v) is 17.2. The van der Waals surface area contributed by atoms with E-state index in [1.165, 1.54) is 77.0 Å². The van der Waals surface area contributed by atoms with Gasteiger partial charge in [-0.15, -0.1) is 0 Å². The highest BCUT2D eigenvalue weighted by molar-refractivity contribution is 5.71. The molecule has 0 aromatic rings. The van der Waals surface area contributed by atoms with Crippen molar-refractivity contribution in [1.29, 1.82) is 0 Å². The van der Waals surface area contributed by atoms with Gasteiger partial charge in [0.25, 0.3) is 0 Å². The van der Waals surface area contributed by atoms with Crippen LogP contribution in [0.2, 0.25) is 0 Å². The Morgan fingerprint density at radius 1 is 0.338 bits per heavy atom. The SMILES string of the molecule is CC\C=C/C=C\C=C/C=C\CCCCCCCC(=O)OC(COC(=O)CCCCCCCCC\C=C/C=C\C=C/CC)COC(=O)CCCCCCCCC/C=C\C/C=C\CCCCC. The molecule has 1 atom stereocenters. The minimum atomic E-state index is -0.801. The normalized spacial score (nSPS) is 13.0. The number of carbonyl (C=O) groups excluding carboxylic acids is 3. The third-order valence-corrected chi connectivity index (χ3v) is 10.9. The van der Waals surface area contributed by atoms with E-state index >= 15 is 0 Å².